The predicted octanol–water partition coefficient (Wildman–Crippen LogP) is 2.68. The highest BCUT2D eigenvalue weighted by atomic mass is 16.6. The first-order valence-electron chi connectivity index (χ1n) is 7.12. The first-order chi connectivity index (χ1) is 9.74. The molecule has 20 heavy (non-hydrogen) atoms. The van der Waals surface area contributed by atoms with Crippen molar-refractivity contribution in [1.29, 1.82) is 0 Å². The van der Waals surface area contributed by atoms with Crippen molar-refractivity contribution in [3.63, 3.8) is 0 Å². The van der Waals surface area contributed by atoms with Gasteiger partial charge in [0.1, 0.15) is 6.61 Å². The summed E-state index contributed by atoms with van der Waals surface area (Å²) in [6.07, 6.45) is 5.33. The van der Waals surface area contributed by atoms with E-state index in [0.717, 1.165) is 24.5 Å². The van der Waals surface area contributed by atoms with Crippen molar-refractivity contribution in [3.05, 3.63) is 53.9 Å². The van der Waals surface area contributed by atoms with E-state index in [0.29, 0.717) is 6.61 Å². The fourth-order valence-electron chi connectivity index (χ4n) is 2.39. The lowest BCUT2D eigenvalue weighted by Crippen LogP contribution is -2.45. The summed E-state index contributed by atoms with van der Waals surface area (Å²) in [6, 6.07) is 10.4. The lowest BCUT2D eigenvalue weighted by molar-refractivity contribution is -0.703. The Kier molecular flexibility index (Phi) is 3.59. The van der Waals surface area contributed by atoms with Gasteiger partial charge in [-0.15, -0.1) is 0 Å². The van der Waals surface area contributed by atoms with Crippen LogP contribution in [0.4, 0.5) is 0 Å². The van der Waals surface area contributed by atoms with Gasteiger partial charge in [0.05, 0.1) is 0 Å². The maximum Gasteiger partial charge on any atom is 0.191 e. The summed E-state index contributed by atoms with van der Waals surface area (Å²) in [5.74, 6) is 1.70. The highest BCUT2D eigenvalue weighted by Gasteiger charge is 2.24. The maximum absolute atomic E-state index is 6.03. The molecule has 0 bridgehead atoms. The van der Waals surface area contributed by atoms with Crippen LogP contribution in [0.3, 0.4) is 0 Å². The molecule has 2 aromatic rings. The molecule has 1 atom stereocenters. The number of benzene rings is 1. The molecule has 1 unspecified atom stereocenters. The summed E-state index contributed by atoms with van der Waals surface area (Å²) in [5, 5.41) is 0. The molecular weight excluding hydrogens is 250 g/mol. The van der Waals surface area contributed by atoms with Gasteiger partial charge in [-0.2, -0.15) is 0 Å². The minimum atomic E-state index is 0.0572. The highest BCUT2D eigenvalue weighted by molar-refractivity contribution is 5.43. The van der Waals surface area contributed by atoms with Crippen LogP contribution in [0.5, 0.6) is 11.5 Å². The van der Waals surface area contributed by atoms with Crippen molar-refractivity contribution >= 4 is 0 Å². The Hall–Kier alpha value is -2.03. The van der Waals surface area contributed by atoms with Crippen LogP contribution < -0.4 is 14.0 Å². The second kappa shape index (κ2) is 5.53. The molecule has 3 heteroatoms. The number of pyridine rings is 1. The average Bonchev–Trinajstić information content (AvgIpc) is 2.47. The Morgan fingerprint density at radius 2 is 1.95 bits per heavy atom. The molecule has 104 valence electrons. The Morgan fingerprint density at radius 3 is 2.70 bits per heavy atom. The van der Waals surface area contributed by atoms with E-state index in [-0.39, 0.29) is 6.10 Å². The zero-order chi connectivity index (χ0) is 13.9. The van der Waals surface area contributed by atoms with E-state index in [9.17, 15) is 0 Å². The van der Waals surface area contributed by atoms with Crippen molar-refractivity contribution in [2.45, 2.75) is 32.9 Å². The second-order valence-corrected chi connectivity index (χ2v) is 5.26. The van der Waals surface area contributed by atoms with Gasteiger partial charge in [0.25, 0.3) is 0 Å². The van der Waals surface area contributed by atoms with Crippen molar-refractivity contribution < 1.29 is 14.0 Å². The number of hydrogen-bond donors (Lipinski definition) is 0. The van der Waals surface area contributed by atoms with Gasteiger partial charge in [-0.25, -0.2) is 4.57 Å². The molecule has 0 spiro atoms. The number of ether oxygens (including phenoxy) is 2. The molecular formula is C17H20NO2+. The summed E-state index contributed by atoms with van der Waals surface area (Å²) in [7, 11) is 0. The molecule has 0 fully saturated rings. The molecule has 1 aliphatic heterocycles. The van der Waals surface area contributed by atoms with E-state index in [1.54, 1.807) is 0 Å². The predicted molar refractivity (Wildman–Crippen MR) is 77.1 cm³/mol. The van der Waals surface area contributed by atoms with Crippen LogP contribution in [0.25, 0.3) is 0 Å². The van der Waals surface area contributed by atoms with E-state index < -0.39 is 0 Å². The number of fused-ring (bicyclic) bond motifs is 1. The first-order valence-corrected chi connectivity index (χ1v) is 7.12. The van der Waals surface area contributed by atoms with Crippen molar-refractivity contribution in [2.75, 3.05) is 6.61 Å². The first kappa shape index (κ1) is 13.0. The lowest BCUT2D eigenvalue weighted by atomic mass is 10.2. The van der Waals surface area contributed by atoms with Gasteiger partial charge >= 0.3 is 0 Å². The minimum Gasteiger partial charge on any atom is -0.486 e. The summed E-state index contributed by atoms with van der Waals surface area (Å²) in [6.45, 7) is 5.62. The van der Waals surface area contributed by atoms with Crippen LogP contribution in [0.15, 0.2) is 42.7 Å². The Labute approximate surface area is 119 Å². The standard InChI is InChI=1S/C17H20NO2/c1-3-14-6-8-18(9-7-14)11-15-12-19-16-5-4-13(2)10-17(16)20-15/h4-10,15H,3,11-12H2,1-2H3/q+1. The van der Waals surface area contributed by atoms with E-state index in [1.165, 1.54) is 11.1 Å². The molecule has 0 aliphatic carbocycles. The molecule has 1 aromatic heterocycles. The third-order valence-electron chi connectivity index (χ3n) is 3.60. The second-order valence-electron chi connectivity index (χ2n) is 5.26. The van der Waals surface area contributed by atoms with Crippen molar-refractivity contribution in [1.82, 2.24) is 0 Å². The maximum atomic E-state index is 6.03. The van der Waals surface area contributed by atoms with Gasteiger partial charge in [0.15, 0.2) is 36.5 Å². The van der Waals surface area contributed by atoms with E-state index >= 15 is 0 Å². The smallest absolute Gasteiger partial charge is 0.191 e. The van der Waals surface area contributed by atoms with Crippen LogP contribution in [-0.2, 0) is 13.0 Å². The molecule has 0 saturated heterocycles. The zero-order valence-electron chi connectivity index (χ0n) is 12.0. The van der Waals surface area contributed by atoms with Crippen LogP contribution in [0, 0.1) is 6.92 Å². The van der Waals surface area contributed by atoms with Crippen LogP contribution >= 0.6 is 0 Å². The van der Waals surface area contributed by atoms with Gasteiger partial charge < -0.3 is 9.47 Å². The van der Waals surface area contributed by atoms with E-state index in [4.69, 9.17) is 9.47 Å². The van der Waals surface area contributed by atoms with Crippen LogP contribution in [-0.4, -0.2) is 12.7 Å². The van der Waals surface area contributed by atoms with Crippen molar-refractivity contribution in [2.24, 2.45) is 0 Å². The van der Waals surface area contributed by atoms with Gasteiger partial charge in [0, 0.05) is 12.1 Å². The molecule has 3 nitrogen and oxygen atoms in total. The van der Waals surface area contributed by atoms with Crippen molar-refractivity contribution in [3.8, 4) is 11.5 Å². The Bertz CT molecular complexity index is 592. The average molecular weight is 270 g/mol. The van der Waals surface area contributed by atoms with Crippen LogP contribution in [0.1, 0.15) is 18.1 Å². The summed E-state index contributed by atoms with van der Waals surface area (Å²) >= 11 is 0. The molecule has 0 radical (unpaired) electrons. The monoisotopic (exact) mass is 270 g/mol. The summed E-state index contributed by atoms with van der Waals surface area (Å²) in [4.78, 5) is 0. The summed E-state index contributed by atoms with van der Waals surface area (Å²) < 4.78 is 13.9. The largest absolute Gasteiger partial charge is 0.486 e. The number of hydrogen-bond acceptors (Lipinski definition) is 2. The molecule has 1 aliphatic rings. The van der Waals surface area contributed by atoms with Gasteiger partial charge in [-0.05, 0) is 36.6 Å². The molecule has 0 N–H and O–H groups in total. The molecule has 1 aromatic carbocycles. The fraction of sp³-hybridized carbons (Fsp3) is 0.353. The highest BCUT2D eigenvalue weighted by Crippen LogP contribution is 2.32. The summed E-state index contributed by atoms with van der Waals surface area (Å²) in [5.41, 5.74) is 2.54. The number of nitrogens with zero attached hydrogens (tertiary/aromatic N) is 1. The Balaban J connectivity index is 1.70. The number of aromatic nitrogens is 1. The quantitative estimate of drug-likeness (QED) is 0.800. The molecule has 0 saturated carbocycles. The van der Waals surface area contributed by atoms with Gasteiger partial charge in [0.2, 0.25) is 0 Å². The third kappa shape index (κ3) is 2.77. The SMILES string of the molecule is CCc1cc[n+](CC2COc3ccc(C)cc3O2)cc1. The number of aryl methyl sites for hydroxylation is 2. The molecule has 2 heterocycles. The topological polar surface area (TPSA) is 22.3 Å². The number of rotatable bonds is 3. The third-order valence-corrected chi connectivity index (χ3v) is 3.60. The molecule has 3 rings (SSSR count). The minimum absolute atomic E-state index is 0.0572. The zero-order valence-corrected chi connectivity index (χ0v) is 12.0. The van der Waals surface area contributed by atoms with Crippen LogP contribution in [0.2, 0.25) is 0 Å². The molecule has 0 amide bonds. The van der Waals surface area contributed by atoms with E-state index in [2.05, 4.69) is 42.9 Å². The fourth-order valence-corrected chi connectivity index (χ4v) is 2.39. The van der Waals surface area contributed by atoms with E-state index in [1.807, 2.05) is 18.2 Å². The van der Waals surface area contributed by atoms with Gasteiger partial charge in [-0.3, -0.25) is 0 Å². The Morgan fingerprint density at radius 1 is 1.15 bits per heavy atom. The normalized spacial score (nSPS) is 17.0. The van der Waals surface area contributed by atoms with Gasteiger partial charge in [-0.1, -0.05) is 13.0 Å². The lowest BCUT2D eigenvalue weighted by Gasteiger charge is -2.24.